The van der Waals surface area contributed by atoms with E-state index in [1.807, 2.05) is 19.1 Å². The molecule has 0 amide bonds. The predicted molar refractivity (Wildman–Crippen MR) is 107 cm³/mol. The summed E-state index contributed by atoms with van der Waals surface area (Å²) in [6.45, 7) is 8.59. The normalized spacial score (nSPS) is 16.1. The van der Waals surface area contributed by atoms with Gasteiger partial charge >= 0.3 is 5.97 Å². The Kier molecular flexibility index (Phi) is 5.74. The topological polar surface area (TPSA) is 85.9 Å². The van der Waals surface area contributed by atoms with Crippen LogP contribution in [0.4, 0.5) is 5.69 Å². The van der Waals surface area contributed by atoms with Gasteiger partial charge in [0.25, 0.3) is 0 Å². The number of benzene rings is 1. The average molecular weight is 385 g/mol. The van der Waals surface area contributed by atoms with Crippen molar-refractivity contribution in [2.45, 2.75) is 26.8 Å². The molecule has 1 aliphatic rings. The zero-order valence-corrected chi connectivity index (χ0v) is 16.8. The van der Waals surface area contributed by atoms with Gasteiger partial charge in [0.15, 0.2) is 5.78 Å². The van der Waals surface area contributed by atoms with Gasteiger partial charge in [-0.25, -0.2) is 4.79 Å². The van der Waals surface area contributed by atoms with Gasteiger partial charge in [-0.1, -0.05) is 0 Å². The van der Waals surface area contributed by atoms with E-state index in [1.165, 1.54) is 7.11 Å². The molecule has 150 valence electrons. The van der Waals surface area contributed by atoms with Crippen LogP contribution in [-0.4, -0.2) is 66.1 Å². The minimum atomic E-state index is -0.430. The molecule has 28 heavy (non-hydrogen) atoms. The van der Waals surface area contributed by atoms with Crippen molar-refractivity contribution in [1.82, 2.24) is 9.88 Å². The summed E-state index contributed by atoms with van der Waals surface area (Å²) < 4.78 is 4.83. The Morgan fingerprint density at radius 1 is 1.11 bits per heavy atom. The number of esters is 1. The molecule has 1 aromatic carbocycles. The van der Waals surface area contributed by atoms with Gasteiger partial charge in [-0.15, -0.1) is 0 Å². The summed E-state index contributed by atoms with van der Waals surface area (Å²) in [5.41, 5.74) is 3.28. The molecule has 2 N–H and O–H groups in total. The van der Waals surface area contributed by atoms with Crippen molar-refractivity contribution < 1.29 is 19.4 Å². The molecule has 1 saturated heterocycles. The SMILES string of the molecule is COC(=O)c1c(C)[nH]c(C(=O)[C@H](C)N2CCN(c3ccc(O)cc3)CC2)c1C. The number of rotatable bonds is 5. The summed E-state index contributed by atoms with van der Waals surface area (Å²) in [4.78, 5) is 32.5. The second kappa shape index (κ2) is 8.06. The molecule has 0 spiro atoms. The highest BCUT2D eigenvalue weighted by atomic mass is 16.5. The number of Topliss-reactive ketones (excluding diaryl/α,β-unsaturated/α-hetero) is 1. The standard InChI is InChI=1S/C21H27N3O4/c1-13-18(21(27)28-4)14(2)22-19(13)20(26)15(3)23-9-11-24(12-10-23)16-5-7-17(25)8-6-16/h5-8,15,22,25H,9-12H2,1-4H3/t15-/m0/s1. The number of H-pyrrole nitrogens is 1. The Labute approximate surface area is 164 Å². The first-order valence-corrected chi connectivity index (χ1v) is 9.43. The second-order valence-electron chi connectivity index (χ2n) is 7.20. The third-order valence-corrected chi connectivity index (χ3v) is 5.53. The van der Waals surface area contributed by atoms with E-state index >= 15 is 0 Å². The number of ketones is 1. The molecule has 0 radical (unpaired) electrons. The van der Waals surface area contributed by atoms with Crippen LogP contribution in [0.1, 0.15) is 39.0 Å². The van der Waals surface area contributed by atoms with Crippen LogP contribution in [0.15, 0.2) is 24.3 Å². The first-order valence-electron chi connectivity index (χ1n) is 9.43. The Balaban J connectivity index is 1.68. The number of phenolic OH excluding ortho intramolecular Hbond substituents is 1. The van der Waals surface area contributed by atoms with Gasteiger partial charge < -0.3 is 19.7 Å². The van der Waals surface area contributed by atoms with Crippen LogP contribution in [0, 0.1) is 13.8 Å². The van der Waals surface area contributed by atoms with Crippen LogP contribution in [0.3, 0.4) is 0 Å². The van der Waals surface area contributed by atoms with Crippen molar-refractivity contribution in [3.8, 4) is 5.75 Å². The average Bonchev–Trinajstić information content (AvgIpc) is 3.01. The highest BCUT2D eigenvalue weighted by Crippen LogP contribution is 2.23. The molecule has 2 heterocycles. The zero-order chi connectivity index (χ0) is 20.4. The number of phenols is 1. The Morgan fingerprint density at radius 2 is 1.71 bits per heavy atom. The molecule has 3 rings (SSSR count). The smallest absolute Gasteiger partial charge is 0.339 e. The summed E-state index contributed by atoms with van der Waals surface area (Å²) in [7, 11) is 1.34. The lowest BCUT2D eigenvalue weighted by molar-refractivity contribution is 0.0599. The van der Waals surface area contributed by atoms with Crippen LogP contribution in [-0.2, 0) is 4.74 Å². The number of aryl methyl sites for hydroxylation is 1. The Hall–Kier alpha value is -2.80. The first-order chi connectivity index (χ1) is 13.3. The highest BCUT2D eigenvalue weighted by Gasteiger charge is 2.30. The van der Waals surface area contributed by atoms with Gasteiger partial charge in [0.05, 0.1) is 24.4 Å². The van der Waals surface area contributed by atoms with Crippen molar-refractivity contribution in [2.75, 3.05) is 38.2 Å². The monoisotopic (exact) mass is 385 g/mol. The molecule has 1 atom stereocenters. The van der Waals surface area contributed by atoms with Crippen molar-refractivity contribution in [2.24, 2.45) is 0 Å². The van der Waals surface area contributed by atoms with Crippen LogP contribution < -0.4 is 4.90 Å². The van der Waals surface area contributed by atoms with E-state index in [-0.39, 0.29) is 17.6 Å². The molecule has 7 nitrogen and oxygen atoms in total. The van der Waals surface area contributed by atoms with Gasteiger partial charge in [0.1, 0.15) is 5.75 Å². The second-order valence-corrected chi connectivity index (χ2v) is 7.20. The number of anilines is 1. The van der Waals surface area contributed by atoms with E-state index in [4.69, 9.17) is 4.74 Å². The lowest BCUT2D eigenvalue weighted by atomic mass is 10.0. The Bertz CT molecular complexity index is 865. The van der Waals surface area contributed by atoms with Crippen molar-refractivity contribution in [3.63, 3.8) is 0 Å². The zero-order valence-electron chi connectivity index (χ0n) is 16.8. The molecule has 1 aliphatic heterocycles. The molecule has 0 bridgehead atoms. The number of hydrogen-bond acceptors (Lipinski definition) is 6. The number of hydrogen-bond donors (Lipinski definition) is 2. The molecule has 2 aromatic rings. The molecule has 0 unspecified atom stereocenters. The summed E-state index contributed by atoms with van der Waals surface area (Å²) in [6, 6.07) is 6.88. The van der Waals surface area contributed by atoms with E-state index < -0.39 is 5.97 Å². The largest absolute Gasteiger partial charge is 0.508 e. The van der Waals surface area contributed by atoms with E-state index in [2.05, 4.69) is 14.8 Å². The molecule has 1 fully saturated rings. The summed E-state index contributed by atoms with van der Waals surface area (Å²) in [6.07, 6.45) is 0. The maximum atomic E-state index is 13.1. The van der Waals surface area contributed by atoms with E-state index in [1.54, 1.807) is 26.0 Å². The van der Waals surface area contributed by atoms with Gasteiger partial charge in [0, 0.05) is 37.6 Å². The highest BCUT2D eigenvalue weighted by molar-refractivity contribution is 6.03. The fourth-order valence-electron chi connectivity index (χ4n) is 3.81. The van der Waals surface area contributed by atoms with Gasteiger partial charge in [-0.3, -0.25) is 9.69 Å². The van der Waals surface area contributed by atoms with Crippen LogP contribution in [0.2, 0.25) is 0 Å². The number of piperazine rings is 1. The fraction of sp³-hybridized carbons (Fsp3) is 0.429. The Morgan fingerprint density at radius 3 is 2.29 bits per heavy atom. The number of nitrogens with one attached hydrogen (secondary N) is 1. The maximum Gasteiger partial charge on any atom is 0.339 e. The molecule has 7 heteroatoms. The van der Waals surface area contributed by atoms with Crippen LogP contribution >= 0.6 is 0 Å². The summed E-state index contributed by atoms with van der Waals surface area (Å²) in [5.74, 6) is -0.196. The maximum absolute atomic E-state index is 13.1. The molecular weight excluding hydrogens is 358 g/mol. The summed E-state index contributed by atoms with van der Waals surface area (Å²) >= 11 is 0. The van der Waals surface area contributed by atoms with Crippen molar-refractivity contribution >= 4 is 17.4 Å². The molecule has 0 saturated carbocycles. The predicted octanol–water partition coefficient (Wildman–Crippen LogP) is 2.52. The number of carbonyl (C=O) groups is 2. The first kappa shape index (κ1) is 19.9. The van der Waals surface area contributed by atoms with Gasteiger partial charge in [0.2, 0.25) is 0 Å². The van der Waals surface area contributed by atoms with E-state index in [0.29, 0.717) is 22.5 Å². The van der Waals surface area contributed by atoms with E-state index in [9.17, 15) is 14.7 Å². The third kappa shape index (κ3) is 3.75. The number of methoxy groups -OCH3 is 1. The molecular formula is C21H27N3O4. The van der Waals surface area contributed by atoms with E-state index in [0.717, 1.165) is 31.9 Å². The quantitative estimate of drug-likeness (QED) is 0.608. The van der Waals surface area contributed by atoms with Crippen LogP contribution in [0.5, 0.6) is 5.75 Å². The van der Waals surface area contributed by atoms with Crippen LogP contribution in [0.25, 0.3) is 0 Å². The number of aromatic hydroxyl groups is 1. The lowest BCUT2D eigenvalue weighted by Gasteiger charge is -2.38. The number of nitrogens with zero attached hydrogens (tertiary/aromatic N) is 2. The number of aromatic amines is 1. The molecule has 0 aliphatic carbocycles. The van der Waals surface area contributed by atoms with Gasteiger partial charge in [-0.2, -0.15) is 0 Å². The lowest BCUT2D eigenvalue weighted by Crippen LogP contribution is -2.51. The number of ether oxygens (including phenoxy) is 1. The third-order valence-electron chi connectivity index (χ3n) is 5.53. The molecule has 1 aromatic heterocycles. The fourth-order valence-corrected chi connectivity index (χ4v) is 3.81. The minimum Gasteiger partial charge on any atom is -0.508 e. The number of aromatic nitrogens is 1. The minimum absolute atomic E-state index is 0.0196. The number of carbonyl (C=O) groups excluding carboxylic acids is 2. The van der Waals surface area contributed by atoms with Crippen molar-refractivity contribution in [1.29, 1.82) is 0 Å². The van der Waals surface area contributed by atoms with Gasteiger partial charge in [-0.05, 0) is 50.6 Å². The van der Waals surface area contributed by atoms with Crippen molar-refractivity contribution in [3.05, 3.63) is 46.8 Å². The summed E-state index contributed by atoms with van der Waals surface area (Å²) in [5, 5.41) is 9.44.